The molecule has 0 aliphatic carbocycles. The number of carboxylic acid groups (broad SMARTS) is 2. The van der Waals surface area contributed by atoms with Gasteiger partial charge in [0.05, 0.1) is 16.5 Å². The number of aryl methyl sites for hydroxylation is 2. The van der Waals surface area contributed by atoms with Gasteiger partial charge < -0.3 is 19.9 Å². The molecule has 4 aromatic rings. The molecule has 3 aromatic carbocycles. The van der Waals surface area contributed by atoms with Crippen LogP contribution in [0.1, 0.15) is 42.2 Å². The molecule has 0 atom stereocenters. The summed E-state index contributed by atoms with van der Waals surface area (Å²) in [6.45, 7) is 3.77. The van der Waals surface area contributed by atoms with E-state index >= 15 is 0 Å². The first-order valence-electron chi connectivity index (χ1n) is 10.2. The topological polar surface area (TPSA) is 134 Å². The highest BCUT2D eigenvalue weighted by Gasteiger charge is 2.15. The fourth-order valence-electron chi connectivity index (χ4n) is 3.69. The Morgan fingerprint density at radius 2 is 1.41 bits per heavy atom. The predicted octanol–water partition coefficient (Wildman–Crippen LogP) is 4.73. The van der Waals surface area contributed by atoms with Crippen LogP contribution in [0.2, 0.25) is 0 Å². The molecule has 170 valence electrons. The van der Waals surface area contributed by atoms with E-state index in [1.807, 2.05) is 19.9 Å². The van der Waals surface area contributed by atoms with E-state index in [1.54, 1.807) is 18.2 Å². The minimum Gasteiger partial charge on any atom is -0.478 e. The number of carboxylic acids is 2. The van der Waals surface area contributed by atoms with Gasteiger partial charge in [-0.2, -0.15) is 0 Å². The van der Waals surface area contributed by atoms with E-state index in [4.69, 9.17) is 4.42 Å². The van der Waals surface area contributed by atoms with Gasteiger partial charge in [-0.3, -0.25) is 9.59 Å². The zero-order valence-corrected chi connectivity index (χ0v) is 18.2. The molecule has 0 spiro atoms. The van der Waals surface area contributed by atoms with Crippen molar-refractivity contribution in [3.05, 3.63) is 98.7 Å². The van der Waals surface area contributed by atoms with E-state index in [1.165, 1.54) is 30.3 Å². The zero-order valence-electron chi connectivity index (χ0n) is 18.2. The van der Waals surface area contributed by atoms with Gasteiger partial charge in [-0.1, -0.05) is 18.2 Å². The van der Waals surface area contributed by atoms with E-state index in [-0.39, 0.29) is 27.8 Å². The maximum Gasteiger partial charge on any atom is 0.335 e. The van der Waals surface area contributed by atoms with E-state index in [0.717, 1.165) is 17.2 Å². The van der Waals surface area contributed by atoms with Crippen LogP contribution in [0.15, 0.2) is 69.9 Å². The molecule has 3 N–H and O–H groups in total. The molecule has 0 aliphatic rings. The second-order valence-corrected chi connectivity index (χ2v) is 7.87. The number of hydrogen-bond donors (Lipinski definition) is 3. The first-order chi connectivity index (χ1) is 16.1. The molecule has 0 bridgehead atoms. The predicted molar refractivity (Wildman–Crippen MR) is 126 cm³/mol. The van der Waals surface area contributed by atoms with Gasteiger partial charge in [-0.15, -0.1) is 0 Å². The van der Waals surface area contributed by atoms with Crippen LogP contribution in [0.5, 0.6) is 0 Å². The Labute approximate surface area is 193 Å². The van der Waals surface area contributed by atoms with Crippen molar-refractivity contribution >= 4 is 34.5 Å². The van der Waals surface area contributed by atoms with Crippen LogP contribution in [0.3, 0.4) is 0 Å². The van der Waals surface area contributed by atoms with Crippen LogP contribution in [0.25, 0.3) is 22.3 Å². The molecule has 34 heavy (non-hydrogen) atoms. The molecular formula is C26H19NO7. The lowest BCUT2D eigenvalue weighted by molar-refractivity contribution is 0.0696. The molecule has 1 aromatic heterocycles. The first-order valence-corrected chi connectivity index (χ1v) is 10.2. The number of fused-ring (bicyclic) bond motifs is 1. The van der Waals surface area contributed by atoms with Crippen molar-refractivity contribution in [2.45, 2.75) is 13.8 Å². The monoisotopic (exact) mass is 457 g/mol. The average Bonchev–Trinajstić information content (AvgIpc) is 2.79. The largest absolute Gasteiger partial charge is 0.478 e. The van der Waals surface area contributed by atoms with Crippen molar-refractivity contribution in [1.29, 1.82) is 0 Å². The molecule has 0 radical (unpaired) electrons. The second-order valence-electron chi connectivity index (χ2n) is 7.87. The molecule has 1 heterocycles. The highest BCUT2D eigenvalue weighted by atomic mass is 16.4. The summed E-state index contributed by atoms with van der Waals surface area (Å²) in [5.41, 5.74) is 2.49. The van der Waals surface area contributed by atoms with E-state index < -0.39 is 17.8 Å². The van der Waals surface area contributed by atoms with Gasteiger partial charge in [-0.25, -0.2) is 9.59 Å². The Morgan fingerprint density at radius 1 is 0.794 bits per heavy atom. The van der Waals surface area contributed by atoms with Gasteiger partial charge in [0.25, 0.3) is 5.91 Å². The van der Waals surface area contributed by atoms with Crippen LogP contribution in [0.4, 0.5) is 5.69 Å². The van der Waals surface area contributed by atoms with Gasteiger partial charge >= 0.3 is 11.9 Å². The number of rotatable bonds is 5. The van der Waals surface area contributed by atoms with Crippen molar-refractivity contribution in [2.24, 2.45) is 0 Å². The molecule has 1 amide bonds. The lowest BCUT2D eigenvalue weighted by atomic mass is 10.0. The normalized spacial score (nSPS) is 10.8. The Kier molecular flexibility index (Phi) is 5.73. The quantitative estimate of drug-likeness (QED) is 0.395. The third kappa shape index (κ3) is 4.42. The molecule has 4 rings (SSSR count). The summed E-state index contributed by atoms with van der Waals surface area (Å²) in [5, 5.41) is 21.4. The van der Waals surface area contributed by atoms with Crippen molar-refractivity contribution in [1.82, 2.24) is 0 Å². The maximum absolute atomic E-state index is 12.7. The van der Waals surface area contributed by atoms with Gasteiger partial charge in [0.2, 0.25) is 0 Å². The number of hydrogen-bond acceptors (Lipinski definition) is 5. The number of anilines is 1. The maximum atomic E-state index is 12.7. The third-order valence-electron chi connectivity index (χ3n) is 5.28. The van der Waals surface area contributed by atoms with Crippen LogP contribution in [-0.2, 0) is 0 Å². The molecule has 0 saturated carbocycles. The third-order valence-corrected chi connectivity index (χ3v) is 5.28. The molecule has 0 saturated heterocycles. The lowest BCUT2D eigenvalue weighted by Crippen LogP contribution is -2.13. The van der Waals surface area contributed by atoms with Crippen molar-refractivity contribution in [2.75, 3.05) is 5.32 Å². The first kappa shape index (κ1) is 22.5. The van der Waals surface area contributed by atoms with Gasteiger partial charge in [-0.05, 0) is 61.4 Å². The average molecular weight is 457 g/mol. The van der Waals surface area contributed by atoms with Gasteiger partial charge in [0.1, 0.15) is 11.3 Å². The Balaban J connectivity index is 1.62. The van der Waals surface area contributed by atoms with Crippen LogP contribution in [-0.4, -0.2) is 28.1 Å². The fourth-order valence-corrected chi connectivity index (χ4v) is 3.69. The van der Waals surface area contributed by atoms with Gasteiger partial charge in [0.15, 0.2) is 5.43 Å². The summed E-state index contributed by atoms with van der Waals surface area (Å²) >= 11 is 0. The smallest absolute Gasteiger partial charge is 0.335 e. The summed E-state index contributed by atoms with van der Waals surface area (Å²) in [6.07, 6.45) is 0. The highest BCUT2D eigenvalue weighted by Crippen LogP contribution is 2.26. The summed E-state index contributed by atoms with van der Waals surface area (Å²) < 4.78 is 5.97. The van der Waals surface area contributed by atoms with Crippen LogP contribution < -0.4 is 10.7 Å². The molecule has 8 heteroatoms. The fraction of sp³-hybridized carbons (Fsp3) is 0.0769. The second kappa shape index (κ2) is 8.67. The molecule has 8 nitrogen and oxygen atoms in total. The highest BCUT2D eigenvalue weighted by molar-refractivity contribution is 6.06. The van der Waals surface area contributed by atoms with E-state index in [2.05, 4.69) is 5.32 Å². The van der Waals surface area contributed by atoms with Crippen molar-refractivity contribution in [3.63, 3.8) is 0 Å². The van der Waals surface area contributed by atoms with Crippen LogP contribution >= 0.6 is 0 Å². The van der Waals surface area contributed by atoms with Crippen molar-refractivity contribution in [3.8, 4) is 11.3 Å². The van der Waals surface area contributed by atoms with E-state index in [9.17, 15) is 29.4 Å². The standard InChI is InChI=1S/C26H19NO7/c1-13-7-14(2)23-20(8-13)21(28)12-22(34-23)15-3-5-16(6-4-15)24(29)27-19-10-17(25(30)31)9-18(11-19)26(32)33/h3-12H,1-2H3,(H,27,29)(H,30,31)(H,32,33). The number of benzene rings is 3. The minimum absolute atomic E-state index is 0.0395. The Bertz CT molecular complexity index is 1500. The Morgan fingerprint density at radius 3 is 2.00 bits per heavy atom. The van der Waals surface area contributed by atoms with Gasteiger partial charge in [0, 0.05) is 22.9 Å². The molecule has 0 unspecified atom stereocenters. The number of amides is 1. The van der Waals surface area contributed by atoms with Crippen molar-refractivity contribution < 1.29 is 29.0 Å². The lowest BCUT2D eigenvalue weighted by Gasteiger charge is -2.09. The van der Waals surface area contributed by atoms with Crippen LogP contribution in [0, 0.1) is 13.8 Å². The number of nitrogens with one attached hydrogen (secondary N) is 1. The van der Waals surface area contributed by atoms with E-state index in [0.29, 0.717) is 22.3 Å². The summed E-state index contributed by atoms with van der Waals surface area (Å²) in [7, 11) is 0. The molecule has 0 fully saturated rings. The number of carbonyl (C=O) groups excluding carboxylic acids is 1. The summed E-state index contributed by atoms with van der Waals surface area (Å²) in [4.78, 5) is 47.8. The number of carbonyl (C=O) groups is 3. The molecular weight excluding hydrogens is 438 g/mol. The Hall–Kier alpha value is -4.72. The summed E-state index contributed by atoms with van der Waals surface area (Å²) in [6, 6.07) is 14.8. The zero-order chi connectivity index (χ0) is 24.6. The summed E-state index contributed by atoms with van der Waals surface area (Å²) in [5.74, 6) is -2.83. The minimum atomic E-state index is -1.31. The number of aromatic carboxylic acids is 2. The SMILES string of the molecule is Cc1cc(C)c2oc(-c3ccc(C(=O)Nc4cc(C(=O)O)cc(C(=O)O)c4)cc3)cc(=O)c2c1. The molecule has 0 aliphatic heterocycles.